The van der Waals surface area contributed by atoms with Gasteiger partial charge < -0.3 is 19.9 Å². The second-order valence-corrected chi connectivity index (χ2v) is 7.29. The van der Waals surface area contributed by atoms with Gasteiger partial charge in [0.1, 0.15) is 6.10 Å². The van der Waals surface area contributed by atoms with Crippen molar-refractivity contribution in [1.29, 1.82) is 0 Å². The number of hydrogen-bond donors (Lipinski definition) is 2. The van der Waals surface area contributed by atoms with Crippen molar-refractivity contribution in [2.45, 2.75) is 49.8 Å². The first-order valence-electron chi connectivity index (χ1n) is 9.01. The molecule has 1 aromatic rings. The van der Waals surface area contributed by atoms with E-state index in [1.165, 1.54) is 12.8 Å². The molecule has 4 rings (SSSR count). The maximum atomic E-state index is 10.9. The number of pyridine rings is 1. The Balaban J connectivity index is 1.38. The third kappa shape index (κ3) is 3.48. The summed E-state index contributed by atoms with van der Waals surface area (Å²) in [6.07, 6.45) is 4.40. The van der Waals surface area contributed by atoms with E-state index in [-0.39, 0.29) is 24.5 Å². The Bertz CT molecular complexity index is 540. The highest BCUT2D eigenvalue weighted by Crippen LogP contribution is 2.32. The number of aliphatic hydroxyl groups is 1. The van der Waals surface area contributed by atoms with Gasteiger partial charge in [-0.3, -0.25) is 9.88 Å². The highest BCUT2D eigenvalue weighted by atomic mass is 16.7. The van der Waals surface area contributed by atoms with Gasteiger partial charge in [-0.05, 0) is 44.5 Å². The fourth-order valence-electron chi connectivity index (χ4n) is 3.73. The third-order valence-corrected chi connectivity index (χ3v) is 5.43. The van der Waals surface area contributed by atoms with Gasteiger partial charge in [-0.2, -0.15) is 0 Å². The first kappa shape index (κ1) is 16.4. The summed E-state index contributed by atoms with van der Waals surface area (Å²) in [4.78, 5) is 6.52. The van der Waals surface area contributed by atoms with Crippen molar-refractivity contribution >= 4 is 0 Å². The number of aromatic nitrogens is 1. The minimum absolute atomic E-state index is 0.0378. The lowest BCUT2D eigenvalue weighted by Gasteiger charge is -2.42. The number of nitrogens with zero attached hydrogens (tertiary/aromatic N) is 2. The van der Waals surface area contributed by atoms with Crippen LogP contribution in [0, 0.1) is 5.92 Å². The molecule has 132 valence electrons. The molecule has 2 bridgehead atoms. The number of fused-ring (bicyclic) bond motifs is 2. The Morgan fingerprint density at radius 2 is 2.25 bits per heavy atom. The number of aliphatic hydroxyl groups excluding tert-OH is 1. The van der Waals surface area contributed by atoms with Crippen molar-refractivity contribution in [2.75, 3.05) is 26.7 Å². The van der Waals surface area contributed by atoms with E-state index in [1.807, 2.05) is 31.4 Å². The molecule has 0 amide bonds. The van der Waals surface area contributed by atoms with E-state index in [4.69, 9.17) is 9.47 Å². The molecular weight excluding hydrogens is 306 g/mol. The number of rotatable bonds is 7. The van der Waals surface area contributed by atoms with Gasteiger partial charge >= 0.3 is 0 Å². The van der Waals surface area contributed by atoms with E-state index in [0.717, 1.165) is 31.1 Å². The molecule has 3 aliphatic rings. The molecule has 2 aliphatic heterocycles. The van der Waals surface area contributed by atoms with E-state index >= 15 is 0 Å². The summed E-state index contributed by atoms with van der Waals surface area (Å²) in [5, 5.41) is 14.5. The molecule has 2 N–H and O–H groups in total. The Morgan fingerprint density at radius 3 is 3.00 bits per heavy atom. The highest BCUT2D eigenvalue weighted by Gasteiger charge is 2.51. The summed E-state index contributed by atoms with van der Waals surface area (Å²) in [5.41, 5.74) is 1.06. The zero-order valence-corrected chi connectivity index (χ0v) is 14.2. The summed E-state index contributed by atoms with van der Waals surface area (Å²) in [6, 6.07) is 5.76. The summed E-state index contributed by atoms with van der Waals surface area (Å²) < 4.78 is 11.8. The average molecular weight is 333 g/mol. The summed E-state index contributed by atoms with van der Waals surface area (Å²) in [5.74, 6) is 0.776. The fourth-order valence-corrected chi connectivity index (χ4v) is 3.73. The van der Waals surface area contributed by atoms with Crippen molar-refractivity contribution in [1.82, 2.24) is 15.2 Å². The molecule has 1 aliphatic carbocycles. The molecule has 0 aromatic carbocycles. The smallest absolute Gasteiger partial charge is 0.176 e. The fraction of sp³-hybridized carbons (Fsp3) is 0.722. The average Bonchev–Trinajstić information content (AvgIpc) is 3.33. The van der Waals surface area contributed by atoms with Crippen LogP contribution in [0.3, 0.4) is 0 Å². The van der Waals surface area contributed by atoms with Gasteiger partial charge in [0, 0.05) is 24.9 Å². The van der Waals surface area contributed by atoms with Gasteiger partial charge in [0.2, 0.25) is 0 Å². The Morgan fingerprint density at radius 1 is 1.38 bits per heavy atom. The van der Waals surface area contributed by atoms with Gasteiger partial charge in [0.15, 0.2) is 6.29 Å². The summed E-state index contributed by atoms with van der Waals surface area (Å²) in [6.45, 7) is 2.34. The molecule has 0 radical (unpaired) electrons. The maximum Gasteiger partial charge on any atom is 0.176 e. The van der Waals surface area contributed by atoms with Crippen LogP contribution in [-0.4, -0.2) is 72.3 Å². The number of ether oxygens (including phenoxy) is 2. The Labute approximate surface area is 143 Å². The quantitative estimate of drug-likeness (QED) is 0.753. The van der Waals surface area contributed by atoms with Gasteiger partial charge in [-0.15, -0.1) is 0 Å². The van der Waals surface area contributed by atoms with Gasteiger partial charge in [-0.25, -0.2) is 0 Å². The van der Waals surface area contributed by atoms with Crippen molar-refractivity contribution in [3.8, 4) is 0 Å². The van der Waals surface area contributed by atoms with E-state index in [0.29, 0.717) is 6.61 Å². The predicted molar refractivity (Wildman–Crippen MR) is 89.5 cm³/mol. The first-order chi connectivity index (χ1) is 11.7. The number of nitrogens with one attached hydrogen (secondary N) is 1. The SMILES string of the molecule is CN(CCc1ccccn1)[C@H]1[C@@H]2OC[C@@H](O2)[C@@H](NCC2CC2)[C@@H]1O. The van der Waals surface area contributed by atoms with Crippen LogP contribution in [0.2, 0.25) is 0 Å². The minimum atomic E-state index is -0.483. The van der Waals surface area contributed by atoms with Gasteiger partial charge in [0.05, 0.1) is 24.8 Å². The minimum Gasteiger partial charge on any atom is -0.390 e. The second-order valence-electron chi connectivity index (χ2n) is 7.29. The van der Waals surface area contributed by atoms with Crippen molar-refractivity contribution < 1.29 is 14.6 Å². The first-order valence-corrected chi connectivity index (χ1v) is 9.01. The molecule has 3 heterocycles. The van der Waals surface area contributed by atoms with Crippen molar-refractivity contribution in [3.05, 3.63) is 30.1 Å². The zero-order chi connectivity index (χ0) is 16.5. The molecule has 2 saturated heterocycles. The molecule has 1 aromatic heterocycles. The number of hydrogen-bond acceptors (Lipinski definition) is 6. The summed E-state index contributed by atoms with van der Waals surface area (Å²) in [7, 11) is 2.03. The van der Waals surface area contributed by atoms with Crippen molar-refractivity contribution in [2.24, 2.45) is 5.92 Å². The molecular formula is C18H27N3O3. The van der Waals surface area contributed by atoms with Crippen LogP contribution in [0.5, 0.6) is 0 Å². The van der Waals surface area contributed by atoms with Crippen LogP contribution in [0.15, 0.2) is 24.4 Å². The van der Waals surface area contributed by atoms with Gasteiger partial charge in [-0.1, -0.05) is 6.07 Å². The van der Waals surface area contributed by atoms with Crippen LogP contribution in [0.4, 0.5) is 0 Å². The number of likely N-dealkylation sites (N-methyl/N-ethyl adjacent to an activating group) is 1. The topological polar surface area (TPSA) is 66.9 Å². The zero-order valence-electron chi connectivity index (χ0n) is 14.2. The van der Waals surface area contributed by atoms with Gasteiger partial charge in [0.25, 0.3) is 0 Å². The third-order valence-electron chi connectivity index (χ3n) is 5.43. The molecule has 1 saturated carbocycles. The highest BCUT2D eigenvalue weighted by molar-refractivity contribution is 5.05. The molecule has 6 nitrogen and oxygen atoms in total. The molecule has 0 spiro atoms. The largest absolute Gasteiger partial charge is 0.390 e. The van der Waals surface area contributed by atoms with E-state index in [2.05, 4.69) is 15.2 Å². The lowest BCUT2D eigenvalue weighted by molar-refractivity contribution is -0.178. The Hall–Kier alpha value is -1.05. The second kappa shape index (κ2) is 7.06. The Kier molecular flexibility index (Phi) is 4.83. The summed E-state index contributed by atoms with van der Waals surface area (Å²) >= 11 is 0. The molecule has 6 heteroatoms. The van der Waals surface area contributed by atoms with Crippen LogP contribution < -0.4 is 5.32 Å². The molecule has 5 atom stereocenters. The lowest BCUT2D eigenvalue weighted by atomic mass is 9.94. The lowest BCUT2D eigenvalue weighted by Crippen LogP contribution is -2.64. The monoisotopic (exact) mass is 333 g/mol. The maximum absolute atomic E-state index is 10.9. The standard InChI is InChI=1S/C18H27N3O3/c1-21(9-7-13-4-2-3-8-19-13)16-17(22)15(20-10-12-5-6-12)14-11-23-18(16)24-14/h2-4,8,12,14-18,20,22H,5-7,9-11H2,1H3/t14-,15-,16-,17+,18-/m1/s1. The van der Waals surface area contributed by atoms with E-state index in [9.17, 15) is 5.11 Å². The van der Waals surface area contributed by atoms with Crippen LogP contribution in [-0.2, 0) is 15.9 Å². The van der Waals surface area contributed by atoms with Crippen LogP contribution in [0.25, 0.3) is 0 Å². The van der Waals surface area contributed by atoms with E-state index < -0.39 is 6.10 Å². The molecule has 0 unspecified atom stereocenters. The normalized spacial score (nSPS) is 35.5. The van der Waals surface area contributed by atoms with Crippen LogP contribution in [0.1, 0.15) is 18.5 Å². The molecule has 24 heavy (non-hydrogen) atoms. The van der Waals surface area contributed by atoms with E-state index in [1.54, 1.807) is 0 Å². The predicted octanol–water partition coefficient (Wildman–Crippen LogP) is 0.409. The molecule has 3 fully saturated rings. The van der Waals surface area contributed by atoms with Crippen molar-refractivity contribution in [3.63, 3.8) is 0 Å². The van der Waals surface area contributed by atoms with Crippen LogP contribution >= 0.6 is 0 Å².